The molecule has 0 aliphatic heterocycles. The van der Waals surface area contributed by atoms with E-state index in [0.29, 0.717) is 6.61 Å². The zero-order valence-corrected chi connectivity index (χ0v) is 13.2. The monoisotopic (exact) mass is 277 g/mol. The minimum absolute atomic E-state index is 0.268. The number of hydrogen-bond donors (Lipinski definition) is 1. The highest BCUT2D eigenvalue weighted by Gasteiger charge is 2.39. The molecule has 0 bridgehead atoms. The summed E-state index contributed by atoms with van der Waals surface area (Å²) in [5, 5.41) is 3.16. The molecule has 4 nitrogen and oxygen atoms in total. The summed E-state index contributed by atoms with van der Waals surface area (Å²) < 4.78 is 6.15. The van der Waals surface area contributed by atoms with E-state index >= 15 is 0 Å². The Morgan fingerprint density at radius 2 is 2.05 bits per heavy atom. The zero-order valence-electron chi connectivity index (χ0n) is 13.2. The van der Waals surface area contributed by atoms with Crippen molar-refractivity contribution in [2.24, 2.45) is 5.92 Å². The van der Waals surface area contributed by atoms with Gasteiger partial charge >= 0.3 is 0 Å². The van der Waals surface area contributed by atoms with Crippen molar-refractivity contribution in [1.82, 2.24) is 15.3 Å². The van der Waals surface area contributed by atoms with Crippen LogP contribution >= 0.6 is 0 Å². The summed E-state index contributed by atoms with van der Waals surface area (Å²) in [6.07, 6.45) is 4.45. The van der Waals surface area contributed by atoms with Crippen LogP contribution in [0.25, 0.3) is 0 Å². The lowest BCUT2D eigenvalue weighted by Gasteiger charge is -2.38. The molecule has 0 radical (unpaired) electrons. The molecule has 1 aromatic heterocycles. The standard InChI is InChI=1S/C16H27N3O/c1-5-20-16(8-6-12(2)7-9-16)15-18-13(3)10-14(19-15)11-17-4/h10,12,17H,5-9,11H2,1-4H3. The van der Waals surface area contributed by atoms with E-state index in [-0.39, 0.29) is 5.60 Å². The molecular weight excluding hydrogens is 250 g/mol. The van der Waals surface area contributed by atoms with Crippen molar-refractivity contribution < 1.29 is 4.74 Å². The van der Waals surface area contributed by atoms with E-state index in [1.807, 2.05) is 20.0 Å². The van der Waals surface area contributed by atoms with E-state index in [4.69, 9.17) is 14.7 Å². The molecule has 1 fully saturated rings. The maximum atomic E-state index is 6.15. The van der Waals surface area contributed by atoms with E-state index < -0.39 is 0 Å². The molecule has 1 saturated carbocycles. The minimum atomic E-state index is -0.268. The molecular formula is C16H27N3O. The van der Waals surface area contributed by atoms with Gasteiger partial charge < -0.3 is 10.1 Å². The molecule has 1 N–H and O–H groups in total. The lowest BCUT2D eigenvalue weighted by Crippen LogP contribution is -2.36. The number of hydrogen-bond acceptors (Lipinski definition) is 4. The van der Waals surface area contributed by atoms with Gasteiger partial charge in [0, 0.05) is 18.8 Å². The van der Waals surface area contributed by atoms with Crippen LogP contribution in [0.3, 0.4) is 0 Å². The second-order valence-electron chi connectivity index (χ2n) is 5.96. The normalized spacial score (nSPS) is 26.7. The van der Waals surface area contributed by atoms with Crippen molar-refractivity contribution in [3.8, 4) is 0 Å². The number of nitrogens with one attached hydrogen (secondary N) is 1. The van der Waals surface area contributed by atoms with Crippen LogP contribution in [-0.4, -0.2) is 23.6 Å². The Morgan fingerprint density at radius 1 is 1.35 bits per heavy atom. The highest BCUT2D eigenvalue weighted by atomic mass is 16.5. The van der Waals surface area contributed by atoms with Gasteiger partial charge in [-0.15, -0.1) is 0 Å². The number of rotatable bonds is 5. The summed E-state index contributed by atoms with van der Waals surface area (Å²) in [6.45, 7) is 7.90. The Morgan fingerprint density at radius 3 is 2.65 bits per heavy atom. The first-order chi connectivity index (χ1) is 9.59. The topological polar surface area (TPSA) is 47.0 Å². The molecule has 0 spiro atoms. The number of nitrogens with zero attached hydrogens (tertiary/aromatic N) is 2. The molecule has 0 atom stereocenters. The molecule has 4 heteroatoms. The SMILES string of the molecule is CCOC1(c2nc(C)cc(CNC)n2)CCC(C)CC1. The smallest absolute Gasteiger partial charge is 0.160 e. The molecule has 1 aliphatic carbocycles. The highest BCUT2D eigenvalue weighted by Crippen LogP contribution is 2.41. The van der Waals surface area contributed by atoms with Crippen molar-refractivity contribution in [2.45, 2.75) is 58.6 Å². The number of aromatic nitrogens is 2. The number of ether oxygens (including phenoxy) is 1. The first-order valence-electron chi connectivity index (χ1n) is 7.73. The fourth-order valence-corrected chi connectivity index (χ4v) is 3.05. The quantitative estimate of drug-likeness (QED) is 0.899. The van der Waals surface area contributed by atoms with E-state index in [9.17, 15) is 0 Å². The summed E-state index contributed by atoms with van der Waals surface area (Å²) >= 11 is 0. The highest BCUT2D eigenvalue weighted by molar-refractivity contribution is 5.15. The molecule has 0 amide bonds. The fourth-order valence-electron chi connectivity index (χ4n) is 3.05. The van der Waals surface area contributed by atoms with Crippen LogP contribution in [0.4, 0.5) is 0 Å². The van der Waals surface area contributed by atoms with Crippen molar-refractivity contribution >= 4 is 0 Å². The van der Waals surface area contributed by atoms with Gasteiger partial charge in [-0.2, -0.15) is 0 Å². The van der Waals surface area contributed by atoms with Crippen molar-refractivity contribution in [1.29, 1.82) is 0 Å². The van der Waals surface area contributed by atoms with Gasteiger partial charge in [0.05, 0.1) is 5.69 Å². The lowest BCUT2D eigenvalue weighted by molar-refractivity contribution is -0.0839. The molecule has 1 aliphatic rings. The molecule has 0 unspecified atom stereocenters. The van der Waals surface area contributed by atoms with Crippen molar-refractivity contribution in [3.05, 3.63) is 23.3 Å². The molecule has 0 aromatic carbocycles. The third-order valence-corrected chi connectivity index (χ3v) is 4.18. The van der Waals surface area contributed by atoms with Crippen LogP contribution in [-0.2, 0) is 16.9 Å². The van der Waals surface area contributed by atoms with Gasteiger partial charge in [-0.1, -0.05) is 6.92 Å². The molecule has 112 valence electrons. The van der Waals surface area contributed by atoms with E-state index in [1.54, 1.807) is 0 Å². The summed E-state index contributed by atoms with van der Waals surface area (Å²) in [7, 11) is 1.94. The van der Waals surface area contributed by atoms with Crippen LogP contribution in [0.1, 0.15) is 56.7 Å². The predicted molar refractivity (Wildman–Crippen MR) is 80.5 cm³/mol. The van der Waals surface area contributed by atoms with Crippen LogP contribution in [0.15, 0.2) is 6.07 Å². The van der Waals surface area contributed by atoms with E-state index in [2.05, 4.69) is 19.2 Å². The molecule has 1 heterocycles. The minimum Gasteiger partial charge on any atom is -0.367 e. The van der Waals surface area contributed by atoms with Crippen LogP contribution in [0.2, 0.25) is 0 Å². The van der Waals surface area contributed by atoms with Crippen molar-refractivity contribution in [3.63, 3.8) is 0 Å². The lowest BCUT2D eigenvalue weighted by atomic mass is 9.78. The average Bonchev–Trinajstić information content (AvgIpc) is 2.42. The Labute approximate surface area is 122 Å². The summed E-state index contributed by atoms with van der Waals surface area (Å²) in [5.74, 6) is 1.67. The third-order valence-electron chi connectivity index (χ3n) is 4.18. The van der Waals surface area contributed by atoms with Crippen LogP contribution < -0.4 is 5.32 Å². The van der Waals surface area contributed by atoms with E-state index in [1.165, 1.54) is 12.8 Å². The average molecular weight is 277 g/mol. The second kappa shape index (κ2) is 6.64. The maximum Gasteiger partial charge on any atom is 0.160 e. The Balaban J connectivity index is 2.33. The summed E-state index contributed by atoms with van der Waals surface area (Å²) in [5.41, 5.74) is 1.81. The zero-order chi connectivity index (χ0) is 14.6. The fraction of sp³-hybridized carbons (Fsp3) is 0.750. The Hall–Kier alpha value is -1.00. The summed E-state index contributed by atoms with van der Waals surface area (Å²) in [6, 6.07) is 2.05. The van der Waals surface area contributed by atoms with E-state index in [0.717, 1.165) is 42.5 Å². The Bertz CT molecular complexity index is 439. The van der Waals surface area contributed by atoms with Gasteiger partial charge in [0.15, 0.2) is 5.82 Å². The second-order valence-corrected chi connectivity index (χ2v) is 5.96. The van der Waals surface area contributed by atoms with Gasteiger partial charge in [-0.25, -0.2) is 9.97 Å². The molecule has 20 heavy (non-hydrogen) atoms. The maximum absolute atomic E-state index is 6.15. The molecule has 0 saturated heterocycles. The largest absolute Gasteiger partial charge is 0.367 e. The van der Waals surface area contributed by atoms with Crippen LogP contribution in [0, 0.1) is 12.8 Å². The number of aryl methyl sites for hydroxylation is 1. The van der Waals surface area contributed by atoms with Crippen molar-refractivity contribution in [2.75, 3.05) is 13.7 Å². The predicted octanol–water partition coefficient (Wildman–Crippen LogP) is 2.95. The first-order valence-corrected chi connectivity index (χ1v) is 7.73. The first kappa shape index (κ1) is 15.4. The van der Waals surface area contributed by atoms with Gasteiger partial charge in [0.1, 0.15) is 5.60 Å². The van der Waals surface area contributed by atoms with Crippen LogP contribution in [0.5, 0.6) is 0 Å². The van der Waals surface area contributed by atoms with Gasteiger partial charge in [-0.05, 0) is 58.6 Å². The molecule has 2 rings (SSSR count). The van der Waals surface area contributed by atoms with Gasteiger partial charge in [-0.3, -0.25) is 0 Å². The van der Waals surface area contributed by atoms with Gasteiger partial charge in [0.2, 0.25) is 0 Å². The third kappa shape index (κ3) is 3.36. The van der Waals surface area contributed by atoms with Gasteiger partial charge in [0.25, 0.3) is 0 Å². The summed E-state index contributed by atoms with van der Waals surface area (Å²) in [4.78, 5) is 9.46. The molecule has 1 aromatic rings. The Kier molecular flexibility index (Phi) is 5.11.